The molecule has 3 heterocycles. The van der Waals surface area contributed by atoms with Crippen LogP contribution in [0, 0.1) is 5.92 Å². The molecule has 3 N–H and O–H groups in total. The number of anilines is 1. The molecule has 124 valence electrons. The van der Waals surface area contributed by atoms with E-state index in [4.69, 9.17) is 10.3 Å². The first-order valence-corrected chi connectivity index (χ1v) is 8.43. The molecule has 2 aliphatic rings. The van der Waals surface area contributed by atoms with Crippen molar-refractivity contribution in [1.82, 2.24) is 19.7 Å². The summed E-state index contributed by atoms with van der Waals surface area (Å²) in [5.74, 6) is 2.31. The van der Waals surface area contributed by atoms with Crippen LogP contribution in [0.5, 0.6) is 0 Å². The Labute approximate surface area is 138 Å². The topological polar surface area (TPSA) is 103 Å². The number of nitrogens with zero attached hydrogens (tertiary/aromatic N) is 4. The van der Waals surface area contributed by atoms with Crippen molar-refractivity contribution in [3.63, 3.8) is 0 Å². The van der Waals surface area contributed by atoms with Crippen LogP contribution in [0.4, 0.5) is 5.82 Å². The molecular formula is C17H19N5O2. The van der Waals surface area contributed by atoms with E-state index in [1.165, 1.54) is 19.2 Å². The second-order valence-corrected chi connectivity index (χ2v) is 6.97. The molecule has 2 saturated carbocycles. The molecule has 0 unspecified atom stereocenters. The van der Waals surface area contributed by atoms with Crippen molar-refractivity contribution in [3.8, 4) is 11.3 Å². The van der Waals surface area contributed by atoms with E-state index >= 15 is 0 Å². The van der Waals surface area contributed by atoms with Crippen molar-refractivity contribution in [3.05, 3.63) is 24.4 Å². The molecule has 0 bridgehead atoms. The summed E-state index contributed by atoms with van der Waals surface area (Å²) >= 11 is 0. The highest BCUT2D eigenvalue weighted by molar-refractivity contribution is 5.99. The molecule has 5 rings (SSSR count). The van der Waals surface area contributed by atoms with Crippen LogP contribution in [0.15, 0.2) is 23.1 Å². The lowest BCUT2D eigenvalue weighted by atomic mass is 9.81. The third-order valence-electron chi connectivity index (χ3n) is 5.29. The van der Waals surface area contributed by atoms with Crippen molar-refractivity contribution in [2.75, 3.05) is 12.3 Å². The van der Waals surface area contributed by atoms with E-state index in [0.717, 1.165) is 40.9 Å². The normalized spacial score (nSPS) is 23.5. The maximum Gasteiger partial charge on any atom is 0.146 e. The number of nitrogen functional groups attached to an aromatic ring is 1. The molecule has 0 aliphatic heterocycles. The largest absolute Gasteiger partial charge is 0.396 e. The Balaban J connectivity index is 1.62. The minimum atomic E-state index is 0.244. The van der Waals surface area contributed by atoms with Crippen LogP contribution in [-0.2, 0) is 0 Å². The smallest absolute Gasteiger partial charge is 0.146 e. The van der Waals surface area contributed by atoms with E-state index in [0.29, 0.717) is 23.7 Å². The van der Waals surface area contributed by atoms with Crippen LogP contribution < -0.4 is 5.73 Å². The number of aliphatic hydroxyl groups is 1. The van der Waals surface area contributed by atoms with Gasteiger partial charge in [0.15, 0.2) is 0 Å². The predicted octanol–water partition coefficient (Wildman–Crippen LogP) is 2.49. The fraction of sp³-hybridized carbons (Fsp3) is 0.471. The van der Waals surface area contributed by atoms with Gasteiger partial charge in [-0.2, -0.15) is 0 Å². The summed E-state index contributed by atoms with van der Waals surface area (Å²) in [7, 11) is 0. The van der Waals surface area contributed by atoms with E-state index in [1.807, 2.05) is 6.07 Å². The third kappa shape index (κ3) is 2.04. The maximum atomic E-state index is 9.27. The Morgan fingerprint density at radius 2 is 2.12 bits per heavy atom. The molecule has 3 aromatic rings. The van der Waals surface area contributed by atoms with Gasteiger partial charge in [0.2, 0.25) is 0 Å². The van der Waals surface area contributed by atoms with Gasteiger partial charge < -0.3 is 19.9 Å². The quantitative estimate of drug-likeness (QED) is 0.764. The van der Waals surface area contributed by atoms with Gasteiger partial charge in [-0.15, -0.1) is 0 Å². The van der Waals surface area contributed by atoms with E-state index in [-0.39, 0.29) is 6.61 Å². The van der Waals surface area contributed by atoms with Crippen molar-refractivity contribution in [2.24, 2.45) is 5.92 Å². The number of nitrogens with two attached hydrogens (primary N) is 1. The van der Waals surface area contributed by atoms with Crippen LogP contribution in [0.1, 0.15) is 43.4 Å². The molecule has 7 nitrogen and oxygen atoms in total. The fourth-order valence-electron chi connectivity index (χ4n) is 3.63. The van der Waals surface area contributed by atoms with Gasteiger partial charge in [0.1, 0.15) is 29.2 Å². The number of rotatable bonds is 4. The van der Waals surface area contributed by atoms with Crippen molar-refractivity contribution in [2.45, 2.75) is 37.6 Å². The first-order chi connectivity index (χ1) is 11.7. The molecule has 2 fully saturated rings. The fourth-order valence-corrected chi connectivity index (χ4v) is 3.63. The highest BCUT2D eigenvalue weighted by Gasteiger charge is 2.33. The number of aliphatic hydroxyl groups excluding tert-OH is 1. The summed E-state index contributed by atoms with van der Waals surface area (Å²) in [5, 5.41) is 14.4. The van der Waals surface area contributed by atoms with Crippen LogP contribution in [0.25, 0.3) is 22.3 Å². The summed E-state index contributed by atoms with van der Waals surface area (Å²) in [5.41, 5.74) is 8.68. The van der Waals surface area contributed by atoms with Gasteiger partial charge in [0, 0.05) is 36.4 Å². The minimum absolute atomic E-state index is 0.244. The van der Waals surface area contributed by atoms with E-state index in [2.05, 4.69) is 25.9 Å². The molecule has 0 atom stereocenters. The summed E-state index contributed by atoms with van der Waals surface area (Å²) in [4.78, 5) is 8.60. The monoisotopic (exact) mass is 325 g/mol. The molecule has 7 heteroatoms. The third-order valence-corrected chi connectivity index (χ3v) is 5.29. The maximum absolute atomic E-state index is 9.27. The van der Waals surface area contributed by atoms with E-state index in [1.54, 1.807) is 0 Å². The zero-order valence-electron chi connectivity index (χ0n) is 13.2. The number of fused-ring (bicyclic) bond motifs is 1. The van der Waals surface area contributed by atoms with Gasteiger partial charge in [-0.3, -0.25) is 0 Å². The predicted molar refractivity (Wildman–Crippen MR) is 88.3 cm³/mol. The zero-order valence-corrected chi connectivity index (χ0v) is 13.2. The van der Waals surface area contributed by atoms with E-state index in [9.17, 15) is 5.11 Å². The lowest BCUT2D eigenvalue weighted by molar-refractivity contribution is 0.114. The van der Waals surface area contributed by atoms with Crippen molar-refractivity contribution >= 4 is 16.9 Å². The molecular weight excluding hydrogens is 306 g/mol. The molecule has 2 aliphatic carbocycles. The summed E-state index contributed by atoms with van der Waals surface area (Å²) in [6.07, 6.45) is 7.81. The molecule has 0 amide bonds. The van der Waals surface area contributed by atoms with Crippen LogP contribution in [0.2, 0.25) is 0 Å². The highest BCUT2D eigenvalue weighted by Crippen LogP contribution is 2.44. The van der Waals surface area contributed by atoms with Gasteiger partial charge in [0.25, 0.3) is 0 Å². The molecule has 0 radical (unpaired) electrons. The standard InChI is InChI=1S/C17H19N5O2/c18-16-15-12(13-5-14(24-21-13)10-1-2-10)6-22(17(15)20-8-19-16)11-3-9(4-11)7-23/h5-6,8-11,23H,1-4,7H2,(H2,18,19,20)/t9-,11-. The molecule has 0 spiro atoms. The summed E-state index contributed by atoms with van der Waals surface area (Å²) in [6.45, 7) is 0.244. The van der Waals surface area contributed by atoms with Crippen LogP contribution >= 0.6 is 0 Å². The van der Waals surface area contributed by atoms with Gasteiger partial charge in [-0.25, -0.2) is 9.97 Å². The van der Waals surface area contributed by atoms with Gasteiger partial charge in [-0.05, 0) is 31.6 Å². The van der Waals surface area contributed by atoms with Crippen LogP contribution in [0.3, 0.4) is 0 Å². The lowest BCUT2D eigenvalue weighted by Gasteiger charge is -2.35. The second kappa shape index (κ2) is 5.04. The van der Waals surface area contributed by atoms with Gasteiger partial charge >= 0.3 is 0 Å². The van der Waals surface area contributed by atoms with Gasteiger partial charge in [-0.1, -0.05) is 5.16 Å². The average molecular weight is 325 g/mol. The Morgan fingerprint density at radius 1 is 1.29 bits per heavy atom. The Kier molecular flexibility index (Phi) is 2.94. The average Bonchev–Trinajstić information content (AvgIpc) is 3.15. The summed E-state index contributed by atoms with van der Waals surface area (Å²) < 4.78 is 7.66. The number of aromatic nitrogens is 4. The summed E-state index contributed by atoms with van der Waals surface area (Å²) in [6, 6.07) is 2.35. The molecule has 0 saturated heterocycles. The molecule has 3 aromatic heterocycles. The van der Waals surface area contributed by atoms with E-state index < -0.39 is 0 Å². The van der Waals surface area contributed by atoms with Crippen LogP contribution in [-0.4, -0.2) is 31.4 Å². The van der Waals surface area contributed by atoms with Crippen molar-refractivity contribution in [1.29, 1.82) is 0 Å². The van der Waals surface area contributed by atoms with Gasteiger partial charge in [0.05, 0.1) is 5.39 Å². The SMILES string of the molecule is Nc1ncnc2c1c(-c1cc(C3CC3)on1)cn2[C@H]1C[C@H](CO)C1. The lowest BCUT2D eigenvalue weighted by Crippen LogP contribution is -2.28. The number of hydrogen-bond acceptors (Lipinski definition) is 6. The first kappa shape index (κ1) is 14.0. The second-order valence-electron chi connectivity index (χ2n) is 6.97. The minimum Gasteiger partial charge on any atom is -0.396 e. The Morgan fingerprint density at radius 3 is 2.88 bits per heavy atom. The van der Waals surface area contributed by atoms with Crippen molar-refractivity contribution < 1.29 is 9.63 Å². The zero-order chi connectivity index (χ0) is 16.3. The molecule has 0 aromatic carbocycles. The molecule has 24 heavy (non-hydrogen) atoms. The first-order valence-electron chi connectivity index (χ1n) is 8.43. The number of hydrogen-bond donors (Lipinski definition) is 2. The Bertz CT molecular complexity index is 905. The highest BCUT2D eigenvalue weighted by atomic mass is 16.5. The Hall–Kier alpha value is -2.41.